The van der Waals surface area contributed by atoms with Gasteiger partial charge in [0.15, 0.2) is 5.78 Å². The zero-order valence-corrected chi connectivity index (χ0v) is 14.7. The lowest BCUT2D eigenvalue weighted by atomic mass is 9.84. The summed E-state index contributed by atoms with van der Waals surface area (Å²) in [7, 11) is 0. The highest BCUT2D eigenvalue weighted by Crippen LogP contribution is 2.21. The minimum Gasteiger partial charge on any atom is -0.399 e. The van der Waals surface area contributed by atoms with Gasteiger partial charge in [-0.15, -0.1) is 0 Å². The summed E-state index contributed by atoms with van der Waals surface area (Å²) >= 11 is 0. The van der Waals surface area contributed by atoms with Gasteiger partial charge in [0.1, 0.15) is 0 Å². The number of nitrogens with two attached hydrogens (primary N) is 2. The van der Waals surface area contributed by atoms with Gasteiger partial charge in [0.05, 0.1) is 11.5 Å². The molecule has 0 aromatic heterocycles. The molecule has 0 spiro atoms. The number of ketones is 1. The highest BCUT2D eigenvalue weighted by Gasteiger charge is 2.31. The maximum absolute atomic E-state index is 12.4. The van der Waals surface area contributed by atoms with Crippen molar-refractivity contribution in [3.8, 4) is 0 Å². The molecule has 0 radical (unpaired) electrons. The van der Waals surface area contributed by atoms with Crippen LogP contribution in [0.15, 0.2) is 24.3 Å². The summed E-state index contributed by atoms with van der Waals surface area (Å²) in [5.74, 6) is -1.07. The van der Waals surface area contributed by atoms with Gasteiger partial charge in [0, 0.05) is 19.0 Å². The van der Waals surface area contributed by atoms with Crippen LogP contribution < -0.4 is 16.8 Å². The monoisotopic (exact) mass is 339 g/mol. The number of carbonyl (C=O) groups excluding carboxylic acids is 3. The van der Waals surface area contributed by atoms with Crippen molar-refractivity contribution < 1.29 is 14.4 Å². The van der Waals surface area contributed by atoms with Crippen LogP contribution in [0.4, 0.5) is 5.69 Å². The number of amides is 2. The van der Waals surface area contributed by atoms with E-state index in [1.807, 2.05) is 0 Å². The molecule has 1 aromatic rings. The van der Waals surface area contributed by atoms with Crippen molar-refractivity contribution in [2.24, 2.45) is 11.1 Å². The number of nitrogen functional groups attached to an aromatic ring is 1. The molecule has 1 aromatic carbocycles. The summed E-state index contributed by atoms with van der Waals surface area (Å²) in [5, 5.41) is 2.63. The second-order valence-corrected chi connectivity index (χ2v) is 6.09. The number of Topliss-reactive ketones (excluding diaryl/α,β-unsaturated/α-hetero) is 1. The Morgan fingerprint density at radius 2 is 1.70 bits per heavy atom. The Morgan fingerprint density at radius 1 is 1.17 bits per heavy atom. The number of carbonyl (C=O) groups is 3. The van der Waals surface area contributed by atoms with Crippen molar-refractivity contribution in [2.45, 2.75) is 39.7 Å². The van der Waals surface area contributed by atoms with Gasteiger partial charge < -0.3 is 16.8 Å². The van der Waals surface area contributed by atoms with Crippen molar-refractivity contribution >= 4 is 36.8 Å². The van der Waals surface area contributed by atoms with E-state index < -0.39 is 17.4 Å². The van der Waals surface area contributed by atoms with Crippen molar-refractivity contribution in [1.29, 1.82) is 0 Å². The number of hydrogen-bond donors (Lipinski definition) is 3. The molecule has 0 aliphatic heterocycles. The molecule has 7 heteroatoms. The molecule has 23 heavy (non-hydrogen) atoms. The normalized spacial score (nSPS) is 12.0. The summed E-state index contributed by atoms with van der Waals surface area (Å²) < 4.78 is 0. The lowest BCUT2D eigenvalue weighted by Gasteiger charge is -2.23. The maximum Gasteiger partial charge on any atom is 0.223 e. The fourth-order valence-corrected chi connectivity index (χ4v) is 2.03. The van der Waals surface area contributed by atoms with Crippen LogP contribution >= 0.6 is 13.5 Å². The number of nitrogens with one attached hydrogen (secondary N) is 1. The molecule has 1 atom stereocenters. The smallest absolute Gasteiger partial charge is 0.223 e. The van der Waals surface area contributed by atoms with Gasteiger partial charge >= 0.3 is 0 Å². The number of rotatable bonds is 7. The Bertz CT molecular complexity index is 570. The molecule has 0 unspecified atom stereocenters. The predicted octanol–water partition coefficient (Wildman–Crippen LogP) is 0.899. The minimum atomic E-state index is -0.949. The van der Waals surface area contributed by atoms with Crippen LogP contribution in [0.2, 0.25) is 0 Å². The van der Waals surface area contributed by atoms with Gasteiger partial charge in [0.25, 0.3) is 0 Å². The molecule has 0 aliphatic carbocycles. The second-order valence-electron chi connectivity index (χ2n) is 6.09. The van der Waals surface area contributed by atoms with Gasteiger partial charge in [-0.2, -0.15) is 13.5 Å². The zero-order valence-electron chi connectivity index (χ0n) is 13.7. The van der Waals surface area contributed by atoms with Gasteiger partial charge in [-0.1, -0.05) is 26.0 Å². The molecule has 6 nitrogen and oxygen atoms in total. The van der Waals surface area contributed by atoms with E-state index in [9.17, 15) is 14.4 Å². The van der Waals surface area contributed by atoms with E-state index in [2.05, 4.69) is 5.32 Å². The van der Waals surface area contributed by atoms with E-state index in [1.165, 1.54) is 6.92 Å². The highest BCUT2D eigenvalue weighted by molar-refractivity contribution is 7.59. The van der Waals surface area contributed by atoms with Crippen LogP contribution in [-0.4, -0.2) is 23.6 Å². The molecule has 2 amide bonds. The topological polar surface area (TPSA) is 115 Å². The van der Waals surface area contributed by atoms with E-state index >= 15 is 0 Å². The Balaban J connectivity index is 0.00000484. The number of benzene rings is 1. The van der Waals surface area contributed by atoms with Crippen molar-refractivity contribution in [1.82, 2.24) is 5.32 Å². The summed E-state index contributed by atoms with van der Waals surface area (Å²) in [6, 6.07) is 6.38. The molecule has 1 rings (SSSR count). The van der Waals surface area contributed by atoms with Crippen LogP contribution in [0.1, 0.15) is 32.8 Å². The molecule has 0 aliphatic rings. The predicted molar refractivity (Wildman–Crippen MR) is 95.1 cm³/mol. The Labute approximate surface area is 143 Å². The van der Waals surface area contributed by atoms with Crippen molar-refractivity contribution in [3.63, 3.8) is 0 Å². The zero-order chi connectivity index (χ0) is 16.9. The van der Waals surface area contributed by atoms with E-state index in [1.54, 1.807) is 38.1 Å². The standard InChI is InChI=1S/C16H23N3O3.H2S/c1-10(20)19-13(8-11-4-6-12(17)7-5-11)14(21)9-16(2,3)15(18)22;/h4-7,13H,8-9,17H2,1-3H3,(H2,18,22)(H,19,20);1H2/t13-;/m0./s1. The fourth-order valence-electron chi connectivity index (χ4n) is 2.03. The molecular weight excluding hydrogens is 314 g/mol. The fraction of sp³-hybridized carbons (Fsp3) is 0.438. The molecule has 0 saturated carbocycles. The summed E-state index contributed by atoms with van der Waals surface area (Å²) in [6.07, 6.45) is 0.315. The minimum absolute atomic E-state index is 0. The Morgan fingerprint density at radius 3 is 2.13 bits per heavy atom. The van der Waals surface area contributed by atoms with Crippen LogP contribution in [0.3, 0.4) is 0 Å². The lowest BCUT2D eigenvalue weighted by Crippen LogP contribution is -2.44. The first-order valence-electron chi connectivity index (χ1n) is 7.06. The molecular formula is C16H25N3O3S. The van der Waals surface area contributed by atoms with Crippen LogP contribution in [0, 0.1) is 5.41 Å². The molecule has 0 bridgehead atoms. The van der Waals surface area contributed by atoms with Crippen molar-refractivity contribution in [3.05, 3.63) is 29.8 Å². The quantitative estimate of drug-likeness (QED) is 0.640. The van der Waals surface area contributed by atoms with Crippen LogP contribution in [0.5, 0.6) is 0 Å². The maximum atomic E-state index is 12.4. The van der Waals surface area contributed by atoms with E-state index in [-0.39, 0.29) is 31.6 Å². The molecule has 0 fully saturated rings. The Kier molecular flexibility index (Phi) is 7.82. The van der Waals surface area contributed by atoms with Crippen LogP contribution in [0.25, 0.3) is 0 Å². The first-order chi connectivity index (χ1) is 10.1. The second kappa shape index (κ2) is 8.57. The summed E-state index contributed by atoms with van der Waals surface area (Å²) in [6.45, 7) is 4.57. The first-order valence-corrected chi connectivity index (χ1v) is 7.06. The third-order valence-electron chi connectivity index (χ3n) is 3.47. The third-order valence-corrected chi connectivity index (χ3v) is 3.47. The van der Waals surface area contributed by atoms with Gasteiger partial charge in [0.2, 0.25) is 11.8 Å². The third kappa shape index (κ3) is 6.73. The average molecular weight is 339 g/mol. The highest BCUT2D eigenvalue weighted by atomic mass is 32.1. The van der Waals surface area contributed by atoms with E-state index in [0.29, 0.717) is 12.1 Å². The van der Waals surface area contributed by atoms with Crippen LogP contribution in [-0.2, 0) is 20.8 Å². The molecule has 128 valence electrons. The number of primary amides is 1. The van der Waals surface area contributed by atoms with E-state index in [0.717, 1.165) is 5.56 Å². The SMILES string of the molecule is CC(=O)N[C@@H](Cc1ccc(N)cc1)C(=O)CC(C)(C)C(N)=O.S. The van der Waals surface area contributed by atoms with Gasteiger partial charge in [-0.05, 0) is 24.1 Å². The summed E-state index contributed by atoms with van der Waals surface area (Å²) in [4.78, 5) is 35.1. The molecule has 0 saturated heterocycles. The van der Waals surface area contributed by atoms with E-state index in [4.69, 9.17) is 11.5 Å². The lowest BCUT2D eigenvalue weighted by molar-refractivity contribution is -0.133. The number of anilines is 1. The van der Waals surface area contributed by atoms with Gasteiger partial charge in [-0.3, -0.25) is 14.4 Å². The van der Waals surface area contributed by atoms with Gasteiger partial charge in [-0.25, -0.2) is 0 Å². The largest absolute Gasteiger partial charge is 0.399 e. The van der Waals surface area contributed by atoms with Crippen molar-refractivity contribution in [2.75, 3.05) is 5.73 Å². The Hall–Kier alpha value is -2.02. The first kappa shape index (κ1) is 21.0. The number of hydrogen-bond acceptors (Lipinski definition) is 4. The molecule has 0 heterocycles. The average Bonchev–Trinajstić information content (AvgIpc) is 2.39. The molecule has 5 N–H and O–H groups in total. The summed E-state index contributed by atoms with van der Waals surface area (Å²) in [5.41, 5.74) is 11.5.